The number of hydrogen-bond acceptors (Lipinski definition) is 4. The first-order valence-electron chi connectivity index (χ1n) is 3.62. The van der Waals surface area contributed by atoms with Gasteiger partial charge in [0, 0.05) is 0 Å². The Morgan fingerprint density at radius 3 is 2.91 bits per heavy atom. The maximum Gasteiger partial charge on any atom is 0.337 e. The van der Waals surface area contributed by atoms with Crippen molar-refractivity contribution in [3.8, 4) is 0 Å². The van der Waals surface area contributed by atoms with Crippen LogP contribution >= 0.6 is 0 Å². The summed E-state index contributed by atoms with van der Waals surface area (Å²) in [6, 6.07) is 0. The first-order valence-corrected chi connectivity index (χ1v) is 3.62. The van der Waals surface area contributed by atoms with E-state index in [1.165, 1.54) is 7.11 Å². The first-order chi connectivity index (χ1) is 5.27. The fraction of sp³-hybridized carbons (Fsp3) is 0.857. The summed E-state index contributed by atoms with van der Waals surface area (Å²) in [6.45, 7) is 2.25. The first kappa shape index (κ1) is 8.49. The molecule has 1 aliphatic heterocycles. The van der Waals surface area contributed by atoms with Gasteiger partial charge >= 0.3 is 5.97 Å². The molecule has 0 amide bonds. The number of ether oxygens (including phenoxy) is 3. The molecule has 0 aromatic heterocycles. The molecule has 1 rings (SSSR count). The summed E-state index contributed by atoms with van der Waals surface area (Å²) < 4.78 is 14.8. The molecule has 0 radical (unpaired) electrons. The predicted octanol–water partition coefficient (Wildman–Crippen LogP) is 0.311. The molecule has 1 saturated heterocycles. The van der Waals surface area contributed by atoms with Crippen LogP contribution in [0.5, 0.6) is 0 Å². The number of hydrogen-bond donors (Lipinski definition) is 0. The summed E-state index contributed by atoms with van der Waals surface area (Å²) in [5.74, 6) is -0.360. The third-order valence-electron chi connectivity index (χ3n) is 1.55. The van der Waals surface area contributed by atoms with Gasteiger partial charge in [-0.25, -0.2) is 4.79 Å². The van der Waals surface area contributed by atoms with Gasteiger partial charge in [-0.1, -0.05) is 6.92 Å². The molecule has 4 heteroatoms. The van der Waals surface area contributed by atoms with Gasteiger partial charge < -0.3 is 14.2 Å². The Bertz CT molecular complexity index is 145. The monoisotopic (exact) mass is 160 g/mol. The molecule has 1 fully saturated rings. The van der Waals surface area contributed by atoms with Gasteiger partial charge in [0.1, 0.15) is 0 Å². The van der Waals surface area contributed by atoms with E-state index in [0.717, 1.165) is 6.42 Å². The fourth-order valence-corrected chi connectivity index (χ4v) is 0.926. The Morgan fingerprint density at radius 2 is 2.45 bits per heavy atom. The average Bonchev–Trinajstić information content (AvgIpc) is 2.50. The molecule has 0 bridgehead atoms. The number of rotatable bonds is 2. The molecule has 0 aliphatic carbocycles. The van der Waals surface area contributed by atoms with Crippen molar-refractivity contribution in [2.45, 2.75) is 25.7 Å². The summed E-state index contributed by atoms with van der Waals surface area (Å²) >= 11 is 0. The van der Waals surface area contributed by atoms with Crippen molar-refractivity contribution in [3.05, 3.63) is 0 Å². The van der Waals surface area contributed by atoms with Crippen molar-refractivity contribution in [3.63, 3.8) is 0 Å². The highest BCUT2D eigenvalue weighted by Crippen LogP contribution is 2.14. The zero-order valence-electron chi connectivity index (χ0n) is 6.70. The second-order valence-electron chi connectivity index (χ2n) is 2.32. The van der Waals surface area contributed by atoms with Gasteiger partial charge in [-0.2, -0.15) is 0 Å². The lowest BCUT2D eigenvalue weighted by atomic mass is 10.4. The highest BCUT2D eigenvalue weighted by atomic mass is 16.7. The molecular formula is C7H12O4. The largest absolute Gasteiger partial charge is 0.467 e. The van der Waals surface area contributed by atoms with E-state index in [2.05, 4.69) is 4.74 Å². The van der Waals surface area contributed by atoms with Gasteiger partial charge in [-0.15, -0.1) is 0 Å². The molecule has 0 aromatic rings. The van der Waals surface area contributed by atoms with Crippen molar-refractivity contribution in [2.75, 3.05) is 13.7 Å². The molecule has 64 valence electrons. The summed E-state index contributed by atoms with van der Waals surface area (Å²) in [5.41, 5.74) is 0. The van der Waals surface area contributed by atoms with Crippen LogP contribution in [0.25, 0.3) is 0 Å². The second-order valence-corrected chi connectivity index (χ2v) is 2.32. The zero-order chi connectivity index (χ0) is 8.27. The molecule has 2 atom stereocenters. The summed E-state index contributed by atoms with van der Waals surface area (Å²) in [4.78, 5) is 10.8. The SMILES string of the molecule is CC[C@@H]1OC[C@@H](C(=O)OC)O1. The van der Waals surface area contributed by atoms with E-state index < -0.39 is 6.10 Å². The lowest BCUT2D eigenvalue weighted by molar-refractivity contribution is -0.154. The van der Waals surface area contributed by atoms with Crippen LogP contribution in [0.1, 0.15) is 13.3 Å². The Kier molecular flexibility index (Phi) is 2.84. The third kappa shape index (κ3) is 1.91. The molecule has 0 unspecified atom stereocenters. The van der Waals surface area contributed by atoms with Crippen LogP contribution < -0.4 is 0 Å². The summed E-state index contributed by atoms with van der Waals surface area (Å²) in [6.07, 6.45) is -0.00270. The number of carbonyl (C=O) groups is 1. The van der Waals surface area contributed by atoms with E-state index >= 15 is 0 Å². The van der Waals surface area contributed by atoms with Gasteiger partial charge in [0.25, 0.3) is 0 Å². The molecule has 11 heavy (non-hydrogen) atoms. The number of carbonyl (C=O) groups excluding carboxylic acids is 1. The Balaban J connectivity index is 2.35. The van der Waals surface area contributed by atoms with Crippen molar-refractivity contribution in [1.82, 2.24) is 0 Å². The normalized spacial score (nSPS) is 30.4. The maximum absolute atomic E-state index is 10.8. The van der Waals surface area contributed by atoms with Crippen molar-refractivity contribution in [1.29, 1.82) is 0 Å². The highest BCUT2D eigenvalue weighted by molar-refractivity contribution is 5.74. The molecule has 1 aliphatic rings. The van der Waals surface area contributed by atoms with Crippen LogP contribution in [0.4, 0.5) is 0 Å². The van der Waals surface area contributed by atoms with Crippen LogP contribution in [0, 0.1) is 0 Å². The van der Waals surface area contributed by atoms with Crippen LogP contribution in [-0.4, -0.2) is 32.1 Å². The van der Waals surface area contributed by atoms with E-state index in [-0.39, 0.29) is 12.3 Å². The van der Waals surface area contributed by atoms with E-state index in [1.807, 2.05) is 6.92 Å². The van der Waals surface area contributed by atoms with Crippen LogP contribution in [0.2, 0.25) is 0 Å². The number of methoxy groups -OCH3 is 1. The molecule has 0 aromatic carbocycles. The van der Waals surface area contributed by atoms with Crippen LogP contribution in [-0.2, 0) is 19.0 Å². The fourth-order valence-electron chi connectivity index (χ4n) is 0.926. The van der Waals surface area contributed by atoms with Gasteiger partial charge in [0.2, 0.25) is 0 Å². The summed E-state index contributed by atoms with van der Waals surface area (Å²) in [7, 11) is 1.34. The average molecular weight is 160 g/mol. The van der Waals surface area contributed by atoms with Gasteiger partial charge in [0.05, 0.1) is 13.7 Å². The smallest absolute Gasteiger partial charge is 0.337 e. The minimum atomic E-state index is -0.523. The van der Waals surface area contributed by atoms with Crippen LogP contribution in [0.3, 0.4) is 0 Å². The Labute approximate surface area is 65.4 Å². The van der Waals surface area contributed by atoms with Crippen LogP contribution in [0.15, 0.2) is 0 Å². The van der Waals surface area contributed by atoms with Crippen molar-refractivity contribution in [2.24, 2.45) is 0 Å². The minimum absolute atomic E-state index is 0.237. The van der Waals surface area contributed by atoms with Gasteiger partial charge in [-0.3, -0.25) is 0 Å². The van der Waals surface area contributed by atoms with Gasteiger partial charge in [-0.05, 0) is 6.42 Å². The highest BCUT2D eigenvalue weighted by Gasteiger charge is 2.30. The van der Waals surface area contributed by atoms with E-state index in [9.17, 15) is 4.79 Å². The molecular weight excluding hydrogens is 148 g/mol. The summed E-state index contributed by atoms with van der Waals surface area (Å²) in [5, 5.41) is 0. The predicted molar refractivity (Wildman–Crippen MR) is 36.9 cm³/mol. The molecule has 0 spiro atoms. The lowest BCUT2D eigenvalue weighted by Crippen LogP contribution is -2.24. The van der Waals surface area contributed by atoms with E-state index in [0.29, 0.717) is 6.61 Å². The molecule has 4 nitrogen and oxygen atoms in total. The van der Waals surface area contributed by atoms with E-state index in [4.69, 9.17) is 9.47 Å². The lowest BCUT2D eigenvalue weighted by Gasteiger charge is -2.06. The molecule has 0 saturated carbocycles. The Hall–Kier alpha value is -0.610. The minimum Gasteiger partial charge on any atom is -0.467 e. The second kappa shape index (κ2) is 3.69. The molecule has 1 heterocycles. The topological polar surface area (TPSA) is 44.8 Å². The maximum atomic E-state index is 10.8. The zero-order valence-corrected chi connectivity index (χ0v) is 6.70. The third-order valence-corrected chi connectivity index (χ3v) is 1.55. The standard InChI is InChI=1S/C7H12O4/c1-3-6-10-4-5(11-6)7(8)9-2/h5-6H,3-4H2,1-2H3/t5-,6+/m0/s1. The van der Waals surface area contributed by atoms with Gasteiger partial charge in [0.15, 0.2) is 12.4 Å². The molecule has 0 N–H and O–H groups in total. The van der Waals surface area contributed by atoms with E-state index in [1.54, 1.807) is 0 Å². The van der Waals surface area contributed by atoms with Crippen molar-refractivity contribution < 1.29 is 19.0 Å². The number of esters is 1. The quantitative estimate of drug-likeness (QED) is 0.545. The Morgan fingerprint density at radius 1 is 1.73 bits per heavy atom. The van der Waals surface area contributed by atoms with Crippen molar-refractivity contribution >= 4 is 5.97 Å².